The van der Waals surface area contributed by atoms with Gasteiger partial charge in [-0.25, -0.2) is 13.4 Å². The summed E-state index contributed by atoms with van der Waals surface area (Å²) in [5, 5.41) is 0.186. The number of imidazole rings is 1. The molecule has 0 saturated heterocycles. The van der Waals surface area contributed by atoms with Crippen molar-refractivity contribution < 1.29 is 13.2 Å². The molecule has 2 aliphatic rings. The maximum atomic E-state index is 13.0. The molecule has 1 saturated carbocycles. The molecule has 6 nitrogen and oxygen atoms in total. The lowest BCUT2D eigenvalue weighted by atomic mass is 9.92. The molecule has 7 heteroatoms. The van der Waals surface area contributed by atoms with Gasteiger partial charge >= 0.3 is 0 Å². The van der Waals surface area contributed by atoms with Crippen molar-refractivity contribution in [2.45, 2.75) is 69.4 Å². The van der Waals surface area contributed by atoms with Crippen LogP contribution in [0.1, 0.15) is 44.7 Å². The van der Waals surface area contributed by atoms with Crippen molar-refractivity contribution >= 4 is 9.84 Å². The molecule has 2 atom stereocenters. The lowest BCUT2D eigenvalue weighted by Crippen LogP contribution is -2.45. The van der Waals surface area contributed by atoms with Gasteiger partial charge in [-0.05, 0) is 44.9 Å². The minimum atomic E-state index is -3.40. The van der Waals surface area contributed by atoms with Crippen molar-refractivity contribution in [2.75, 3.05) is 19.5 Å². The molecule has 0 bridgehead atoms. The number of rotatable bonds is 12. The van der Waals surface area contributed by atoms with Crippen LogP contribution >= 0.6 is 0 Å². The predicted molar refractivity (Wildman–Crippen MR) is 120 cm³/mol. The molecule has 0 amide bonds. The zero-order chi connectivity index (χ0) is 21.7. The number of hydrogen-bond donors (Lipinski definition) is 0. The Morgan fingerprint density at radius 1 is 1.27 bits per heavy atom. The second kappa shape index (κ2) is 10.1. The Bertz CT molecular complexity index is 884. The lowest BCUT2D eigenvalue weighted by Gasteiger charge is -2.40. The van der Waals surface area contributed by atoms with Crippen LogP contribution in [0.2, 0.25) is 0 Å². The molecule has 2 heterocycles. The molecule has 1 fully saturated rings. The molecule has 0 unspecified atom stereocenters. The molecule has 1 aromatic rings. The van der Waals surface area contributed by atoms with Crippen LogP contribution in [0.25, 0.3) is 0 Å². The fraction of sp³-hybridized carbons (Fsp3) is 0.609. The molecule has 1 aliphatic carbocycles. The van der Waals surface area contributed by atoms with Gasteiger partial charge in [-0.15, -0.1) is 13.2 Å². The van der Waals surface area contributed by atoms with E-state index < -0.39 is 9.84 Å². The molecule has 30 heavy (non-hydrogen) atoms. The van der Waals surface area contributed by atoms with E-state index in [1.54, 1.807) is 13.3 Å². The van der Waals surface area contributed by atoms with Gasteiger partial charge in [-0.3, -0.25) is 4.90 Å². The highest BCUT2D eigenvalue weighted by atomic mass is 32.2. The average Bonchev–Trinajstić information content (AvgIpc) is 3.39. The molecule has 0 aromatic carbocycles. The summed E-state index contributed by atoms with van der Waals surface area (Å²) in [7, 11) is -1.77. The highest BCUT2D eigenvalue weighted by molar-refractivity contribution is 7.91. The Morgan fingerprint density at radius 3 is 2.63 bits per heavy atom. The van der Waals surface area contributed by atoms with Gasteiger partial charge in [0, 0.05) is 32.3 Å². The third kappa shape index (κ3) is 5.50. The second-order valence-electron chi connectivity index (χ2n) is 8.56. The van der Waals surface area contributed by atoms with Crippen LogP contribution in [-0.2, 0) is 27.7 Å². The summed E-state index contributed by atoms with van der Waals surface area (Å²) in [5.41, 5.74) is 2.29. The lowest BCUT2D eigenvalue weighted by molar-refractivity contribution is 0.131. The highest BCUT2D eigenvalue weighted by Crippen LogP contribution is 2.33. The average molecular weight is 434 g/mol. The first kappa shape index (κ1) is 23.0. The standard InChI is InChI=1S/C23H35N3O3S/c1-5-7-20-13-18(3)14-21(8-6-2)26(20)16-22-15-24-23(25(22)11-12-29-4)30(27,28)17-19-9-10-19/h5-6,13,15,19-21H,1-2,7-12,14,16-17H2,3-4H3/t20-,21-/m0/s1. The van der Waals surface area contributed by atoms with Crippen molar-refractivity contribution in [1.29, 1.82) is 0 Å². The van der Waals surface area contributed by atoms with Gasteiger partial charge in [-0.2, -0.15) is 0 Å². The van der Waals surface area contributed by atoms with Crippen LogP contribution in [0.3, 0.4) is 0 Å². The van der Waals surface area contributed by atoms with E-state index >= 15 is 0 Å². The van der Waals surface area contributed by atoms with Crippen LogP contribution < -0.4 is 0 Å². The molecule has 1 aromatic heterocycles. The Kier molecular flexibility index (Phi) is 7.71. The number of ether oxygens (including phenoxy) is 1. The van der Waals surface area contributed by atoms with E-state index in [2.05, 4.69) is 36.0 Å². The molecular formula is C23H35N3O3S. The summed E-state index contributed by atoms with van der Waals surface area (Å²) in [6.45, 7) is 11.6. The van der Waals surface area contributed by atoms with E-state index in [4.69, 9.17) is 4.74 Å². The summed E-state index contributed by atoms with van der Waals surface area (Å²) >= 11 is 0. The minimum Gasteiger partial charge on any atom is -0.383 e. The fourth-order valence-corrected chi connectivity index (χ4v) is 6.19. The first-order chi connectivity index (χ1) is 14.4. The Labute approximate surface area is 181 Å². The molecule has 0 spiro atoms. The summed E-state index contributed by atoms with van der Waals surface area (Å²) in [6, 6.07) is 0.563. The number of nitrogens with zero attached hydrogens (tertiary/aromatic N) is 3. The number of aromatic nitrogens is 2. The largest absolute Gasteiger partial charge is 0.383 e. The van der Waals surface area contributed by atoms with Crippen molar-refractivity contribution in [2.24, 2.45) is 5.92 Å². The Morgan fingerprint density at radius 2 is 2.00 bits per heavy atom. The van der Waals surface area contributed by atoms with E-state index in [1.165, 1.54) is 5.57 Å². The van der Waals surface area contributed by atoms with Crippen molar-refractivity contribution in [3.63, 3.8) is 0 Å². The van der Waals surface area contributed by atoms with E-state index in [-0.39, 0.29) is 22.9 Å². The van der Waals surface area contributed by atoms with Crippen LogP contribution in [0.5, 0.6) is 0 Å². The second-order valence-corrected chi connectivity index (χ2v) is 10.5. The summed E-state index contributed by atoms with van der Waals surface area (Å²) in [5.74, 6) is 0.482. The molecule has 166 valence electrons. The molecular weight excluding hydrogens is 398 g/mol. The highest BCUT2D eigenvalue weighted by Gasteiger charge is 2.34. The Hall–Kier alpha value is -1.70. The van der Waals surface area contributed by atoms with Gasteiger partial charge in [0.15, 0.2) is 0 Å². The number of sulfone groups is 1. The van der Waals surface area contributed by atoms with Crippen LogP contribution in [0.15, 0.2) is 48.3 Å². The van der Waals surface area contributed by atoms with E-state index in [1.807, 2.05) is 16.7 Å². The minimum absolute atomic E-state index is 0.186. The van der Waals surface area contributed by atoms with E-state index in [0.717, 1.165) is 37.8 Å². The van der Waals surface area contributed by atoms with E-state index in [0.29, 0.717) is 25.7 Å². The normalized spacial score (nSPS) is 22.7. The van der Waals surface area contributed by atoms with Gasteiger partial charge in [-0.1, -0.05) is 23.8 Å². The van der Waals surface area contributed by atoms with Crippen LogP contribution in [0, 0.1) is 5.92 Å². The zero-order valence-corrected chi connectivity index (χ0v) is 19.1. The zero-order valence-electron chi connectivity index (χ0n) is 18.3. The van der Waals surface area contributed by atoms with Gasteiger partial charge in [0.25, 0.3) is 0 Å². The van der Waals surface area contributed by atoms with Crippen molar-refractivity contribution in [1.82, 2.24) is 14.5 Å². The smallest absolute Gasteiger partial charge is 0.227 e. The van der Waals surface area contributed by atoms with Gasteiger partial charge in [0.05, 0.1) is 24.3 Å². The van der Waals surface area contributed by atoms with Crippen molar-refractivity contribution in [3.05, 3.63) is 48.8 Å². The summed E-state index contributed by atoms with van der Waals surface area (Å²) in [4.78, 5) is 6.82. The third-order valence-corrected chi connectivity index (χ3v) is 7.76. The van der Waals surface area contributed by atoms with Gasteiger partial charge < -0.3 is 9.30 Å². The monoisotopic (exact) mass is 433 g/mol. The number of hydrogen-bond acceptors (Lipinski definition) is 5. The Balaban J connectivity index is 1.92. The molecule has 1 aliphatic heterocycles. The topological polar surface area (TPSA) is 64.4 Å². The van der Waals surface area contributed by atoms with Crippen LogP contribution in [-0.4, -0.2) is 54.4 Å². The molecule has 3 rings (SSSR count). The van der Waals surface area contributed by atoms with Gasteiger partial charge in [0.1, 0.15) is 0 Å². The maximum Gasteiger partial charge on any atom is 0.227 e. The quantitative estimate of drug-likeness (QED) is 0.470. The maximum absolute atomic E-state index is 13.0. The third-order valence-electron chi connectivity index (χ3n) is 5.97. The predicted octanol–water partition coefficient (Wildman–Crippen LogP) is 3.75. The first-order valence-corrected chi connectivity index (χ1v) is 12.5. The molecule has 0 radical (unpaired) electrons. The molecule has 0 N–H and O–H groups in total. The van der Waals surface area contributed by atoms with Crippen molar-refractivity contribution in [3.8, 4) is 0 Å². The summed E-state index contributed by atoms with van der Waals surface area (Å²) < 4.78 is 33.1. The van der Waals surface area contributed by atoms with E-state index in [9.17, 15) is 8.42 Å². The number of methoxy groups -OCH3 is 1. The SMILES string of the molecule is C=CC[C@H]1CC(C)=C[C@H](CC=C)N1Cc1cnc(S(=O)(=O)CC2CC2)n1CCOC. The summed E-state index contributed by atoms with van der Waals surface area (Å²) in [6.07, 6.45) is 12.7. The first-order valence-electron chi connectivity index (χ1n) is 10.8. The van der Waals surface area contributed by atoms with Gasteiger partial charge in [0.2, 0.25) is 15.0 Å². The van der Waals surface area contributed by atoms with Crippen LogP contribution in [0.4, 0.5) is 0 Å². The fourth-order valence-electron chi connectivity index (χ4n) is 4.33.